The first-order valence-corrected chi connectivity index (χ1v) is 15.1. The highest BCUT2D eigenvalue weighted by molar-refractivity contribution is 7.80. The van der Waals surface area contributed by atoms with Crippen molar-refractivity contribution in [3.05, 3.63) is 64.9 Å². The van der Waals surface area contributed by atoms with Crippen LogP contribution in [0.25, 0.3) is 0 Å². The molecule has 8 unspecified atom stereocenters. The van der Waals surface area contributed by atoms with Crippen LogP contribution < -0.4 is 5.32 Å². The molecule has 0 bridgehead atoms. The lowest BCUT2D eigenvalue weighted by atomic mass is 9.45. The molecule has 224 valence electrons. The number of rotatable bonds is 6. The van der Waals surface area contributed by atoms with Crippen molar-refractivity contribution in [2.75, 3.05) is 0 Å². The molecular weight excluding hydrogens is 557 g/mol. The molecule has 9 nitrogen and oxygen atoms in total. The van der Waals surface area contributed by atoms with Gasteiger partial charge in [0.25, 0.3) is 0 Å². The molecule has 0 aliphatic heterocycles. The average Bonchev–Trinajstić information content (AvgIpc) is 3.50. The maximum Gasteiger partial charge on any atom is 0.361 e. The van der Waals surface area contributed by atoms with Crippen molar-refractivity contribution >= 4 is 30.5 Å². The Kier molecular flexibility index (Phi) is 7.23. The van der Waals surface area contributed by atoms with Crippen LogP contribution in [0.2, 0.25) is 0 Å². The van der Waals surface area contributed by atoms with E-state index in [1.807, 2.05) is 12.2 Å². The number of aliphatic hydroxyl groups is 2. The van der Waals surface area contributed by atoms with Crippen molar-refractivity contribution in [2.24, 2.45) is 35.6 Å². The van der Waals surface area contributed by atoms with Gasteiger partial charge in [0, 0.05) is 36.4 Å². The number of carbonyl (C=O) groups is 1. The number of fused-ring (bicyclic) bond motifs is 5. The smallest absolute Gasteiger partial charge is 0.361 e. The van der Waals surface area contributed by atoms with E-state index in [1.54, 1.807) is 19.2 Å². The molecule has 0 amide bonds. The van der Waals surface area contributed by atoms with E-state index in [9.17, 15) is 19.4 Å². The summed E-state index contributed by atoms with van der Waals surface area (Å²) in [7, 11) is 1.66. The summed E-state index contributed by atoms with van der Waals surface area (Å²) in [6.07, 6.45) is 8.21. The summed E-state index contributed by atoms with van der Waals surface area (Å²) in [5, 5.41) is 41.0. The monoisotopic (exact) mass is 596 g/mol. The van der Waals surface area contributed by atoms with Gasteiger partial charge in [-0.2, -0.15) is 0 Å². The van der Waals surface area contributed by atoms with Gasteiger partial charge in [-0.05, 0) is 79.9 Å². The van der Waals surface area contributed by atoms with E-state index >= 15 is 0 Å². The SMILES string of the molecule is Cn1cc(C(=O)OC2(C(O)S)CCC3C4CCC5=CC([NH2+]c6ccc(F)cc6)=C(C=N)CC5(C)C4C(O)CC32C)nn1. The van der Waals surface area contributed by atoms with Crippen molar-refractivity contribution in [2.45, 2.75) is 69.5 Å². The molecule has 1 aromatic heterocycles. The molecule has 0 spiro atoms. The molecule has 42 heavy (non-hydrogen) atoms. The number of nitrogens with two attached hydrogens (primary N) is 1. The lowest BCUT2D eigenvalue weighted by molar-refractivity contribution is -0.513. The second kappa shape index (κ2) is 10.4. The van der Waals surface area contributed by atoms with Crippen LogP contribution in [0.3, 0.4) is 0 Å². The van der Waals surface area contributed by atoms with Gasteiger partial charge in [0.15, 0.2) is 11.3 Å². The van der Waals surface area contributed by atoms with Crippen LogP contribution in [0.4, 0.5) is 10.1 Å². The lowest BCUT2D eigenvalue weighted by Crippen LogP contribution is -2.76. The number of halogens is 1. The number of hydrogen-bond acceptors (Lipinski definition) is 8. The Morgan fingerprint density at radius 3 is 2.69 bits per heavy atom. The zero-order chi connectivity index (χ0) is 30.0. The Balaban J connectivity index is 1.30. The van der Waals surface area contributed by atoms with Gasteiger partial charge in [-0.25, -0.2) is 9.18 Å². The maximum atomic E-state index is 13.5. The highest BCUT2D eigenvalue weighted by Crippen LogP contribution is 2.69. The number of allylic oxidation sites excluding steroid dienone is 3. The fourth-order valence-electron chi connectivity index (χ4n) is 9.05. The molecule has 1 heterocycles. The van der Waals surface area contributed by atoms with Crippen LogP contribution in [-0.2, 0) is 11.8 Å². The van der Waals surface area contributed by atoms with E-state index in [0.29, 0.717) is 19.3 Å². The third kappa shape index (κ3) is 4.39. The predicted octanol–water partition coefficient (Wildman–Crippen LogP) is 3.44. The summed E-state index contributed by atoms with van der Waals surface area (Å²) in [6.45, 7) is 4.24. The van der Waals surface area contributed by atoms with E-state index in [0.717, 1.165) is 36.2 Å². The Morgan fingerprint density at radius 1 is 1.31 bits per heavy atom. The van der Waals surface area contributed by atoms with Crippen molar-refractivity contribution in [1.29, 1.82) is 5.41 Å². The summed E-state index contributed by atoms with van der Waals surface area (Å²) < 4.78 is 21.0. The first-order valence-electron chi connectivity index (χ1n) is 14.6. The predicted molar refractivity (Wildman–Crippen MR) is 156 cm³/mol. The van der Waals surface area contributed by atoms with Crippen LogP contribution in [-0.4, -0.2) is 54.5 Å². The highest BCUT2D eigenvalue weighted by Gasteiger charge is 2.70. The van der Waals surface area contributed by atoms with Crippen molar-refractivity contribution < 1.29 is 29.5 Å². The molecule has 4 aliphatic carbocycles. The lowest BCUT2D eigenvalue weighted by Gasteiger charge is -2.61. The molecule has 8 atom stereocenters. The number of benzene rings is 1. The molecule has 4 aliphatic rings. The summed E-state index contributed by atoms with van der Waals surface area (Å²) in [5.74, 6) is -0.764. The summed E-state index contributed by atoms with van der Waals surface area (Å²) in [6, 6.07) is 6.34. The van der Waals surface area contributed by atoms with E-state index in [4.69, 9.17) is 10.1 Å². The van der Waals surface area contributed by atoms with Crippen molar-refractivity contribution in [1.82, 2.24) is 15.0 Å². The third-order valence-electron chi connectivity index (χ3n) is 11.0. The van der Waals surface area contributed by atoms with Gasteiger partial charge in [-0.3, -0.25) is 10.00 Å². The van der Waals surface area contributed by atoms with E-state index in [2.05, 4.69) is 35.9 Å². The van der Waals surface area contributed by atoms with Crippen LogP contribution >= 0.6 is 12.6 Å². The van der Waals surface area contributed by atoms with Gasteiger partial charge in [-0.1, -0.05) is 24.6 Å². The number of carbonyl (C=O) groups excluding carboxylic acids is 1. The van der Waals surface area contributed by atoms with Crippen molar-refractivity contribution in [3.63, 3.8) is 0 Å². The zero-order valence-electron chi connectivity index (χ0n) is 24.1. The summed E-state index contributed by atoms with van der Waals surface area (Å²) in [5.41, 5.74) is 0.449. The maximum absolute atomic E-state index is 13.5. The molecule has 3 fully saturated rings. The number of esters is 1. The zero-order valence-corrected chi connectivity index (χ0v) is 25.0. The minimum Gasteiger partial charge on any atom is -0.450 e. The van der Waals surface area contributed by atoms with Crippen LogP contribution in [0.15, 0.2) is 53.4 Å². The third-order valence-corrected chi connectivity index (χ3v) is 11.4. The standard InChI is InChI=1S/C31H38FN5O4S/c1-29-13-17(15-33)23(34-20-7-5-19(32)6-8-20)12-18(29)4-9-21-22-10-11-31(28(40)42,30(22,2)14-25(38)26(21)29)41-27(39)24-16-37(3)36-35-24/h5-8,12,15-16,21-22,25-26,28,33-34,38,40,42H,4,9-11,13-14H2,1-3H3/p+1. The van der Waals surface area contributed by atoms with Crippen molar-refractivity contribution in [3.8, 4) is 0 Å². The molecule has 6 rings (SSSR count). The Bertz CT molecular complexity index is 1470. The summed E-state index contributed by atoms with van der Waals surface area (Å²) in [4.78, 5) is 13.2. The van der Waals surface area contributed by atoms with Gasteiger partial charge in [0.05, 0.1) is 12.3 Å². The minimum atomic E-state index is -1.29. The Hall–Kier alpha value is -2.86. The number of aromatic nitrogens is 3. The molecular formula is C31H39FN5O4S+. The topological polar surface area (TPSA) is 138 Å². The van der Waals surface area contributed by atoms with Gasteiger partial charge < -0.3 is 20.4 Å². The Labute approximate surface area is 250 Å². The molecule has 0 saturated heterocycles. The fraction of sp³-hybridized carbons (Fsp3) is 0.548. The number of aryl methyl sites for hydroxylation is 1. The fourth-order valence-corrected chi connectivity index (χ4v) is 9.53. The number of thiol groups is 1. The second-order valence-electron chi connectivity index (χ2n) is 13.1. The van der Waals surface area contributed by atoms with E-state index in [1.165, 1.54) is 34.8 Å². The number of nitrogens with one attached hydrogen (secondary N) is 1. The molecule has 5 N–H and O–H groups in total. The second-order valence-corrected chi connectivity index (χ2v) is 13.6. The first-order chi connectivity index (χ1) is 19.9. The Morgan fingerprint density at radius 2 is 2.05 bits per heavy atom. The number of ether oxygens (including phenoxy) is 1. The van der Waals surface area contributed by atoms with Gasteiger partial charge in [0.1, 0.15) is 22.6 Å². The molecule has 0 radical (unpaired) electrons. The minimum absolute atomic E-state index is 0.0542. The average molecular weight is 597 g/mol. The van der Waals surface area contributed by atoms with Gasteiger partial charge in [0.2, 0.25) is 0 Å². The highest BCUT2D eigenvalue weighted by atomic mass is 32.1. The molecule has 3 saturated carbocycles. The quantitative estimate of drug-likeness (QED) is 0.114. The summed E-state index contributed by atoms with van der Waals surface area (Å²) >= 11 is 4.45. The van der Waals surface area contributed by atoms with Crippen LogP contribution in [0, 0.1) is 39.8 Å². The number of aliphatic hydroxyl groups excluding tert-OH is 2. The molecule has 2 aromatic rings. The largest absolute Gasteiger partial charge is 0.450 e. The van der Waals surface area contributed by atoms with E-state index in [-0.39, 0.29) is 34.7 Å². The number of quaternary nitrogens is 1. The molecule has 1 aromatic carbocycles. The van der Waals surface area contributed by atoms with Gasteiger partial charge >= 0.3 is 5.97 Å². The number of hydrogen-bond donors (Lipinski definition) is 5. The first kappa shape index (κ1) is 29.2. The van der Waals surface area contributed by atoms with E-state index < -0.39 is 28.5 Å². The van der Waals surface area contributed by atoms with Crippen LogP contribution in [0.5, 0.6) is 0 Å². The normalized spacial score (nSPS) is 36.4. The van der Waals surface area contributed by atoms with Crippen LogP contribution in [0.1, 0.15) is 62.9 Å². The van der Waals surface area contributed by atoms with Gasteiger partial charge in [-0.15, -0.1) is 17.7 Å². The molecule has 11 heteroatoms. The number of nitrogens with zero attached hydrogens (tertiary/aromatic N) is 3.